The molecule has 3 nitrogen and oxygen atoms in total. The molecule has 1 aromatic carbocycles. The van der Waals surface area contributed by atoms with Gasteiger partial charge in [0.15, 0.2) is 0 Å². The highest BCUT2D eigenvalue weighted by atomic mass is 16.5. The van der Waals surface area contributed by atoms with E-state index in [1.54, 1.807) is 7.11 Å². The predicted molar refractivity (Wildman–Crippen MR) is 77.6 cm³/mol. The zero-order chi connectivity index (χ0) is 14.0. The lowest BCUT2D eigenvalue weighted by Crippen LogP contribution is -2.43. The van der Waals surface area contributed by atoms with Crippen LogP contribution in [0.1, 0.15) is 44.4 Å². The van der Waals surface area contributed by atoms with Crippen molar-refractivity contribution in [2.45, 2.75) is 51.8 Å². The minimum absolute atomic E-state index is 0.196. The number of likely N-dealkylation sites (N-methyl/N-ethyl adjacent to an activating group) is 1. The van der Waals surface area contributed by atoms with Gasteiger partial charge >= 0.3 is 0 Å². The van der Waals surface area contributed by atoms with Crippen molar-refractivity contribution in [3.63, 3.8) is 0 Å². The first-order valence-electron chi connectivity index (χ1n) is 7.22. The monoisotopic (exact) mass is 263 g/mol. The Morgan fingerprint density at radius 3 is 2.74 bits per heavy atom. The van der Waals surface area contributed by atoms with Crippen molar-refractivity contribution < 1.29 is 9.84 Å². The summed E-state index contributed by atoms with van der Waals surface area (Å²) in [4.78, 5) is 2.41. The third kappa shape index (κ3) is 2.63. The third-order valence-corrected chi connectivity index (χ3v) is 4.41. The van der Waals surface area contributed by atoms with Crippen molar-refractivity contribution in [2.24, 2.45) is 0 Å². The molecule has 0 saturated carbocycles. The van der Waals surface area contributed by atoms with E-state index in [1.165, 1.54) is 5.56 Å². The molecule has 3 unspecified atom stereocenters. The molecule has 0 fully saturated rings. The van der Waals surface area contributed by atoms with Gasteiger partial charge in [-0.15, -0.1) is 0 Å². The molecule has 19 heavy (non-hydrogen) atoms. The fourth-order valence-corrected chi connectivity index (χ4v) is 3.11. The Hall–Kier alpha value is -1.06. The molecule has 2 rings (SSSR count). The Kier molecular flexibility index (Phi) is 4.48. The van der Waals surface area contributed by atoms with Crippen molar-refractivity contribution >= 4 is 0 Å². The van der Waals surface area contributed by atoms with Crippen LogP contribution in [0.3, 0.4) is 0 Å². The van der Waals surface area contributed by atoms with E-state index in [-0.39, 0.29) is 6.04 Å². The molecule has 0 amide bonds. The second-order valence-electron chi connectivity index (χ2n) is 5.37. The van der Waals surface area contributed by atoms with Crippen LogP contribution >= 0.6 is 0 Å². The van der Waals surface area contributed by atoms with E-state index >= 15 is 0 Å². The Bertz CT molecular complexity index is 433. The normalized spacial score (nSPS) is 23.5. The van der Waals surface area contributed by atoms with Crippen LogP contribution in [-0.4, -0.2) is 35.7 Å². The number of hydrogen-bond acceptors (Lipinski definition) is 3. The molecule has 106 valence electrons. The van der Waals surface area contributed by atoms with Crippen LogP contribution in [0.4, 0.5) is 0 Å². The maximum absolute atomic E-state index is 10.6. The van der Waals surface area contributed by atoms with Gasteiger partial charge in [0, 0.05) is 12.1 Å². The highest BCUT2D eigenvalue weighted by Crippen LogP contribution is 2.37. The molecule has 0 aliphatic heterocycles. The minimum atomic E-state index is -0.404. The van der Waals surface area contributed by atoms with E-state index in [0.29, 0.717) is 6.04 Å². The summed E-state index contributed by atoms with van der Waals surface area (Å²) < 4.78 is 5.25. The van der Waals surface area contributed by atoms with Crippen LogP contribution in [-0.2, 0) is 6.42 Å². The van der Waals surface area contributed by atoms with Crippen molar-refractivity contribution in [3.8, 4) is 5.75 Å². The number of ether oxygens (including phenoxy) is 1. The van der Waals surface area contributed by atoms with Crippen LogP contribution < -0.4 is 4.74 Å². The summed E-state index contributed by atoms with van der Waals surface area (Å²) >= 11 is 0. The average Bonchev–Trinajstić information content (AvgIpc) is 2.76. The number of benzene rings is 1. The standard InChI is InChI=1S/C16H25NO2/c1-5-11(3)17(6-2)15-9-12-7-8-13(19-4)10-14(12)16(15)18/h7-8,10-11,15-16,18H,5-6,9H2,1-4H3. The first kappa shape index (κ1) is 14.4. The zero-order valence-corrected chi connectivity index (χ0v) is 12.4. The molecule has 0 saturated heterocycles. The first-order valence-corrected chi connectivity index (χ1v) is 7.22. The predicted octanol–water partition coefficient (Wildman–Crippen LogP) is 2.77. The van der Waals surface area contributed by atoms with E-state index in [2.05, 4.69) is 31.7 Å². The smallest absolute Gasteiger partial charge is 0.119 e. The van der Waals surface area contributed by atoms with Gasteiger partial charge in [-0.25, -0.2) is 0 Å². The van der Waals surface area contributed by atoms with Gasteiger partial charge in [0.05, 0.1) is 13.2 Å². The van der Waals surface area contributed by atoms with E-state index < -0.39 is 6.10 Å². The van der Waals surface area contributed by atoms with E-state index in [9.17, 15) is 5.11 Å². The minimum Gasteiger partial charge on any atom is -0.497 e. The van der Waals surface area contributed by atoms with Crippen LogP contribution in [0.15, 0.2) is 18.2 Å². The summed E-state index contributed by atoms with van der Waals surface area (Å²) in [5, 5.41) is 10.6. The van der Waals surface area contributed by atoms with Gasteiger partial charge in [0.1, 0.15) is 5.75 Å². The summed E-state index contributed by atoms with van der Waals surface area (Å²) in [6.07, 6.45) is 1.63. The fraction of sp³-hybridized carbons (Fsp3) is 0.625. The number of aliphatic hydroxyl groups is 1. The summed E-state index contributed by atoms with van der Waals surface area (Å²) in [5.41, 5.74) is 2.28. The van der Waals surface area contributed by atoms with Gasteiger partial charge < -0.3 is 9.84 Å². The maximum atomic E-state index is 10.6. The van der Waals surface area contributed by atoms with Gasteiger partial charge in [-0.1, -0.05) is 19.9 Å². The Balaban J connectivity index is 2.24. The second kappa shape index (κ2) is 5.93. The Morgan fingerprint density at radius 1 is 1.42 bits per heavy atom. The lowest BCUT2D eigenvalue weighted by atomic mass is 10.1. The van der Waals surface area contributed by atoms with Gasteiger partial charge in [-0.05, 0) is 49.6 Å². The first-order chi connectivity index (χ1) is 9.12. The molecule has 0 bridgehead atoms. The second-order valence-corrected chi connectivity index (χ2v) is 5.37. The van der Waals surface area contributed by atoms with Gasteiger partial charge in [-0.2, -0.15) is 0 Å². The van der Waals surface area contributed by atoms with Crippen molar-refractivity contribution in [2.75, 3.05) is 13.7 Å². The SMILES string of the molecule is CCC(C)N(CC)C1Cc2ccc(OC)cc2C1O. The maximum Gasteiger partial charge on any atom is 0.119 e. The van der Waals surface area contributed by atoms with Gasteiger partial charge in [-0.3, -0.25) is 4.90 Å². The lowest BCUT2D eigenvalue weighted by Gasteiger charge is -2.34. The number of nitrogens with zero attached hydrogens (tertiary/aromatic N) is 1. The van der Waals surface area contributed by atoms with Gasteiger partial charge in [0.25, 0.3) is 0 Å². The molecule has 3 heteroatoms. The molecule has 1 aliphatic rings. The van der Waals surface area contributed by atoms with Gasteiger partial charge in [0.2, 0.25) is 0 Å². The largest absolute Gasteiger partial charge is 0.497 e. The van der Waals surface area contributed by atoms with Crippen LogP contribution in [0, 0.1) is 0 Å². The van der Waals surface area contributed by atoms with E-state index in [0.717, 1.165) is 30.7 Å². The van der Waals surface area contributed by atoms with E-state index in [4.69, 9.17) is 4.74 Å². The van der Waals surface area contributed by atoms with Crippen LogP contribution in [0.5, 0.6) is 5.75 Å². The zero-order valence-electron chi connectivity index (χ0n) is 12.4. The average molecular weight is 263 g/mol. The molecular formula is C16H25NO2. The molecule has 0 spiro atoms. The van der Waals surface area contributed by atoms with Crippen LogP contribution in [0.25, 0.3) is 0 Å². The summed E-state index contributed by atoms with van der Waals surface area (Å²) in [6.45, 7) is 7.58. The fourth-order valence-electron chi connectivity index (χ4n) is 3.11. The molecule has 0 heterocycles. The number of aliphatic hydroxyl groups excluding tert-OH is 1. The van der Waals surface area contributed by atoms with Crippen molar-refractivity contribution in [1.82, 2.24) is 4.90 Å². The highest BCUT2D eigenvalue weighted by molar-refractivity contribution is 5.41. The molecule has 1 aliphatic carbocycles. The van der Waals surface area contributed by atoms with E-state index in [1.807, 2.05) is 12.1 Å². The highest BCUT2D eigenvalue weighted by Gasteiger charge is 2.36. The Labute approximate surface area is 116 Å². The molecular weight excluding hydrogens is 238 g/mol. The Morgan fingerprint density at radius 2 is 2.16 bits per heavy atom. The lowest BCUT2D eigenvalue weighted by molar-refractivity contribution is 0.0403. The number of methoxy groups -OCH3 is 1. The molecule has 0 radical (unpaired) electrons. The molecule has 0 aromatic heterocycles. The van der Waals surface area contributed by atoms with Crippen molar-refractivity contribution in [1.29, 1.82) is 0 Å². The summed E-state index contributed by atoms with van der Waals surface area (Å²) in [6, 6.07) is 6.74. The van der Waals surface area contributed by atoms with Crippen LogP contribution in [0.2, 0.25) is 0 Å². The third-order valence-electron chi connectivity index (χ3n) is 4.41. The molecule has 3 atom stereocenters. The summed E-state index contributed by atoms with van der Waals surface area (Å²) in [5.74, 6) is 0.824. The quantitative estimate of drug-likeness (QED) is 0.886. The topological polar surface area (TPSA) is 32.7 Å². The molecule has 1 N–H and O–H groups in total. The number of fused-ring (bicyclic) bond motifs is 1. The molecule has 1 aromatic rings. The number of rotatable bonds is 5. The summed E-state index contributed by atoms with van der Waals surface area (Å²) in [7, 11) is 1.66. The van der Waals surface area contributed by atoms with Crippen molar-refractivity contribution in [3.05, 3.63) is 29.3 Å². The number of hydrogen-bond donors (Lipinski definition) is 1.